The summed E-state index contributed by atoms with van der Waals surface area (Å²) in [5, 5.41) is 4.04. The number of rotatable bonds is 7. The summed E-state index contributed by atoms with van der Waals surface area (Å²) in [4.78, 5) is 30.2. The molecule has 1 atom stereocenters. The lowest BCUT2D eigenvalue weighted by atomic mass is 10.1. The van der Waals surface area contributed by atoms with Gasteiger partial charge in [0.1, 0.15) is 0 Å². The minimum absolute atomic E-state index is 0.0101. The zero-order valence-corrected chi connectivity index (χ0v) is 17.8. The molecule has 3 aromatic rings. The number of carbonyl (C=O) groups is 1. The third kappa shape index (κ3) is 4.74. The molecule has 0 bridgehead atoms. The highest BCUT2D eigenvalue weighted by Gasteiger charge is 2.20. The highest BCUT2D eigenvalue weighted by atomic mass is 32.2. The van der Waals surface area contributed by atoms with E-state index in [9.17, 15) is 9.59 Å². The number of anilines is 1. The number of aromatic nitrogens is 2. The molecule has 1 aliphatic rings. The summed E-state index contributed by atoms with van der Waals surface area (Å²) < 4.78 is 7.39. The Kier molecular flexibility index (Phi) is 6.50. The second kappa shape index (κ2) is 9.45. The Bertz CT molecular complexity index is 1090. The van der Waals surface area contributed by atoms with Crippen molar-refractivity contribution in [2.75, 3.05) is 17.7 Å². The quantitative estimate of drug-likeness (QED) is 0.461. The third-order valence-electron chi connectivity index (χ3n) is 5.22. The van der Waals surface area contributed by atoms with Crippen molar-refractivity contribution < 1.29 is 9.53 Å². The summed E-state index contributed by atoms with van der Waals surface area (Å²) >= 11 is 1.28. The first kappa shape index (κ1) is 20.6. The van der Waals surface area contributed by atoms with E-state index in [1.54, 1.807) is 10.6 Å². The minimum atomic E-state index is -0.129. The van der Waals surface area contributed by atoms with Crippen molar-refractivity contribution in [3.8, 4) is 0 Å². The van der Waals surface area contributed by atoms with Crippen LogP contribution < -0.4 is 10.9 Å². The first-order valence-corrected chi connectivity index (χ1v) is 11.3. The molecular weight excluding hydrogens is 398 g/mol. The molecule has 30 heavy (non-hydrogen) atoms. The summed E-state index contributed by atoms with van der Waals surface area (Å²) in [5.74, 6) is 0.0431. The van der Waals surface area contributed by atoms with E-state index in [0.29, 0.717) is 22.6 Å². The van der Waals surface area contributed by atoms with E-state index in [1.807, 2.05) is 42.5 Å². The lowest BCUT2D eigenvalue weighted by Crippen LogP contribution is -2.29. The van der Waals surface area contributed by atoms with Gasteiger partial charge in [0, 0.05) is 12.3 Å². The van der Waals surface area contributed by atoms with Crippen molar-refractivity contribution in [1.82, 2.24) is 9.55 Å². The molecular formula is C23H25N3O3S. The molecule has 156 valence electrons. The van der Waals surface area contributed by atoms with Crippen LogP contribution in [0.2, 0.25) is 0 Å². The molecule has 1 fully saturated rings. The topological polar surface area (TPSA) is 73.2 Å². The van der Waals surface area contributed by atoms with Crippen molar-refractivity contribution in [2.45, 2.75) is 44.0 Å². The maximum absolute atomic E-state index is 13.1. The molecule has 1 aliphatic heterocycles. The van der Waals surface area contributed by atoms with E-state index >= 15 is 0 Å². The molecule has 0 spiro atoms. The predicted octanol–water partition coefficient (Wildman–Crippen LogP) is 3.87. The number of carbonyl (C=O) groups excluding carboxylic acids is 1. The van der Waals surface area contributed by atoms with Gasteiger partial charge in [0.25, 0.3) is 5.56 Å². The van der Waals surface area contributed by atoms with Crippen LogP contribution in [0.15, 0.2) is 58.5 Å². The maximum Gasteiger partial charge on any atom is 0.262 e. The fraction of sp³-hybridized carbons (Fsp3) is 0.348. The fourth-order valence-electron chi connectivity index (χ4n) is 3.56. The van der Waals surface area contributed by atoms with E-state index < -0.39 is 0 Å². The highest BCUT2D eigenvalue weighted by Crippen LogP contribution is 2.21. The number of nitrogens with one attached hydrogen (secondary N) is 1. The number of para-hydroxylation sites is 1. The predicted molar refractivity (Wildman–Crippen MR) is 120 cm³/mol. The van der Waals surface area contributed by atoms with Crippen LogP contribution in [-0.4, -0.2) is 33.9 Å². The van der Waals surface area contributed by atoms with Gasteiger partial charge in [0.2, 0.25) is 5.91 Å². The normalized spacial score (nSPS) is 16.1. The van der Waals surface area contributed by atoms with Gasteiger partial charge in [-0.05, 0) is 49.1 Å². The molecule has 1 saturated heterocycles. The summed E-state index contributed by atoms with van der Waals surface area (Å²) in [6.45, 7) is 3.28. The standard InChI is InChI=1S/C23H25N3O3S/c1-2-16-9-11-17(12-10-16)24-21(27)15-30-23-25-20-8-4-3-7-19(20)22(28)26(23)14-18-6-5-13-29-18/h3-4,7-12,18H,2,5-6,13-15H2,1H3,(H,24,27)/t18-/m1/s1. The monoisotopic (exact) mass is 423 g/mol. The molecule has 1 amide bonds. The average molecular weight is 424 g/mol. The van der Waals surface area contributed by atoms with Crippen molar-refractivity contribution in [3.63, 3.8) is 0 Å². The van der Waals surface area contributed by atoms with Gasteiger partial charge in [0.05, 0.1) is 29.3 Å². The Morgan fingerprint density at radius 3 is 2.77 bits per heavy atom. The van der Waals surface area contributed by atoms with Crippen LogP contribution in [0, 0.1) is 0 Å². The Balaban J connectivity index is 1.52. The van der Waals surface area contributed by atoms with Crippen molar-refractivity contribution in [1.29, 1.82) is 0 Å². The molecule has 0 saturated carbocycles. The molecule has 1 N–H and O–H groups in total. The number of hydrogen-bond donors (Lipinski definition) is 1. The molecule has 0 radical (unpaired) electrons. The molecule has 4 rings (SSSR count). The van der Waals surface area contributed by atoms with Gasteiger partial charge in [-0.1, -0.05) is 43.0 Å². The van der Waals surface area contributed by atoms with Crippen LogP contribution in [0.1, 0.15) is 25.3 Å². The maximum atomic E-state index is 13.1. The minimum Gasteiger partial charge on any atom is -0.376 e. The molecule has 2 aromatic carbocycles. The average Bonchev–Trinajstić information content (AvgIpc) is 3.28. The second-order valence-electron chi connectivity index (χ2n) is 7.35. The number of nitrogens with zero attached hydrogens (tertiary/aromatic N) is 2. The second-order valence-corrected chi connectivity index (χ2v) is 8.29. The SMILES string of the molecule is CCc1ccc(NC(=O)CSc2nc3ccccc3c(=O)n2C[C@H]2CCCO2)cc1. The summed E-state index contributed by atoms with van der Waals surface area (Å²) in [6, 6.07) is 15.1. The number of thioether (sulfide) groups is 1. The fourth-order valence-corrected chi connectivity index (χ4v) is 4.37. The highest BCUT2D eigenvalue weighted by molar-refractivity contribution is 7.99. The largest absolute Gasteiger partial charge is 0.376 e. The molecule has 1 aromatic heterocycles. The molecule has 0 aliphatic carbocycles. The summed E-state index contributed by atoms with van der Waals surface area (Å²) in [7, 11) is 0. The first-order valence-electron chi connectivity index (χ1n) is 10.3. The van der Waals surface area contributed by atoms with E-state index in [0.717, 1.165) is 31.6 Å². The third-order valence-corrected chi connectivity index (χ3v) is 6.19. The zero-order valence-electron chi connectivity index (χ0n) is 17.0. The van der Waals surface area contributed by atoms with Crippen molar-refractivity contribution in [2.24, 2.45) is 0 Å². The van der Waals surface area contributed by atoms with Crippen LogP contribution in [0.5, 0.6) is 0 Å². The Morgan fingerprint density at radius 2 is 2.03 bits per heavy atom. The van der Waals surface area contributed by atoms with Crippen LogP contribution in [0.4, 0.5) is 5.69 Å². The molecule has 6 nitrogen and oxygen atoms in total. The molecule has 2 heterocycles. The number of benzene rings is 2. The van der Waals surface area contributed by atoms with Crippen molar-refractivity contribution >= 4 is 34.3 Å². The molecule has 7 heteroatoms. The van der Waals surface area contributed by atoms with Crippen LogP contribution in [0.25, 0.3) is 10.9 Å². The van der Waals surface area contributed by atoms with Gasteiger partial charge in [0.15, 0.2) is 5.16 Å². The summed E-state index contributed by atoms with van der Waals surface area (Å²) in [6.07, 6.45) is 2.90. The number of ether oxygens (including phenoxy) is 1. The first-order chi connectivity index (χ1) is 14.6. The Labute approximate surface area is 179 Å². The zero-order chi connectivity index (χ0) is 20.9. The Hall–Kier alpha value is -2.64. The van der Waals surface area contributed by atoms with Gasteiger partial charge in [-0.15, -0.1) is 0 Å². The molecule has 0 unspecified atom stereocenters. The van der Waals surface area contributed by atoms with Gasteiger partial charge >= 0.3 is 0 Å². The number of amides is 1. The van der Waals surface area contributed by atoms with Gasteiger partial charge < -0.3 is 10.1 Å². The lowest BCUT2D eigenvalue weighted by Gasteiger charge is -2.16. The van der Waals surface area contributed by atoms with Crippen LogP contribution >= 0.6 is 11.8 Å². The number of hydrogen-bond acceptors (Lipinski definition) is 5. The number of fused-ring (bicyclic) bond motifs is 1. The van der Waals surface area contributed by atoms with Gasteiger partial charge in [-0.3, -0.25) is 14.2 Å². The number of aryl methyl sites for hydroxylation is 1. The Morgan fingerprint density at radius 1 is 1.23 bits per heavy atom. The van der Waals surface area contributed by atoms with Crippen LogP contribution in [0.3, 0.4) is 0 Å². The summed E-state index contributed by atoms with van der Waals surface area (Å²) in [5.41, 5.74) is 2.54. The smallest absolute Gasteiger partial charge is 0.262 e. The van der Waals surface area contributed by atoms with E-state index in [1.165, 1.54) is 17.3 Å². The van der Waals surface area contributed by atoms with Gasteiger partial charge in [-0.2, -0.15) is 0 Å². The van der Waals surface area contributed by atoms with Gasteiger partial charge in [-0.25, -0.2) is 4.98 Å². The lowest BCUT2D eigenvalue weighted by molar-refractivity contribution is -0.113. The van der Waals surface area contributed by atoms with E-state index in [-0.39, 0.29) is 23.3 Å². The van der Waals surface area contributed by atoms with Crippen molar-refractivity contribution in [3.05, 3.63) is 64.4 Å². The van der Waals surface area contributed by atoms with E-state index in [4.69, 9.17) is 4.74 Å². The van der Waals surface area contributed by atoms with Crippen LogP contribution in [-0.2, 0) is 22.5 Å². The van der Waals surface area contributed by atoms with E-state index in [2.05, 4.69) is 17.2 Å².